The van der Waals surface area contributed by atoms with Gasteiger partial charge in [-0.05, 0) is 58.7 Å². The molecule has 0 bridgehead atoms. The fourth-order valence-electron chi connectivity index (χ4n) is 4.55. The number of hydrogen-bond acceptors (Lipinski definition) is 5. The van der Waals surface area contributed by atoms with Crippen molar-refractivity contribution in [3.63, 3.8) is 0 Å². The number of pyridine rings is 1. The van der Waals surface area contributed by atoms with E-state index in [1.807, 2.05) is 36.4 Å². The van der Waals surface area contributed by atoms with Gasteiger partial charge in [0.15, 0.2) is 0 Å². The van der Waals surface area contributed by atoms with Crippen LogP contribution in [0, 0.1) is 11.8 Å². The van der Waals surface area contributed by atoms with Gasteiger partial charge in [-0.15, -0.1) is 0 Å². The predicted octanol–water partition coefficient (Wildman–Crippen LogP) is 5.35. The number of rotatable bonds is 8. The molecule has 2 aromatic carbocycles. The molecular weight excluding hydrogens is 530 g/mol. The molecule has 1 amide bonds. The van der Waals surface area contributed by atoms with Gasteiger partial charge >= 0.3 is 6.09 Å². The summed E-state index contributed by atoms with van der Waals surface area (Å²) >= 11 is 3.47. The summed E-state index contributed by atoms with van der Waals surface area (Å²) in [4.78, 5) is 16.4. The molecule has 0 radical (unpaired) electrons. The summed E-state index contributed by atoms with van der Waals surface area (Å²) in [6, 6.07) is 14.8. The van der Waals surface area contributed by atoms with Crippen molar-refractivity contribution in [3.05, 3.63) is 71.0 Å². The van der Waals surface area contributed by atoms with Crippen LogP contribution in [0.5, 0.6) is 0 Å². The van der Waals surface area contributed by atoms with E-state index in [2.05, 4.69) is 33.2 Å². The number of ether oxygens (including phenoxy) is 1. The third-order valence-corrected chi connectivity index (χ3v) is 9.14. The largest absolute Gasteiger partial charge is 0.445 e. The Labute approximate surface area is 215 Å². The smallest absolute Gasteiger partial charge is 0.407 e. The SMILES string of the molecule is CC1CCN(S(=O)(=O)c2cccc3cncc(Br)c23)CC1CCCNC(=O)OCc1ccccc1. The Morgan fingerprint density at radius 1 is 1.17 bits per heavy atom. The van der Waals surface area contributed by atoms with Crippen LogP contribution in [0.1, 0.15) is 31.7 Å². The lowest BCUT2D eigenvalue weighted by molar-refractivity contribution is 0.138. The van der Waals surface area contributed by atoms with Crippen molar-refractivity contribution in [1.29, 1.82) is 0 Å². The first kappa shape index (κ1) is 25.6. The topological polar surface area (TPSA) is 88.6 Å². The van der Waals surface area contributed by atoms with E-state index >= 15 is 0 Å². The lowest BCUT2D eigenvalue weighted by Crippen LogP contribution is -2.43. The minimum absolute atomic E-state index is 0.223. The van der Waals surface area contributed by atoms with Crippen molar-refractivity contribution in [2.45, 2.75) is 37.7 Å². The van der Waals surface area contributed by atoms with Crippen LogP contribution in [0.25, 0.3) is 10.8 Å². The second-order valence-corrected chi connectivity index (χ2v) is 11.8. The van der Waals surface area contributed by atoms with Crippen LogP contribution in [0.4, 0.5) is 4.79 Å². The number of nitrogens with zero attached hydrogens (tertiary/aromatic N) is 2. The summed E-state index contributed by atoms with van der Waals surface area (Å²) in [5, 5.41) is 4.24. The fraction of sp³-hybridized carbons (Fsp3) is 0.385. The number of halogens is 1. The Balaban J connectivity index is 1.33. The molecule has 1 fully saturated rings. The third kappa shape index (κ3) is 6.20. The molecule has 0 spiro atoms. The number of aromatic nitrogens is 1. The minimum Gasteiger partial charge on any atom is -0.445 e. The lowest BCUT2D eigenvalue weighted by Gasteiger charge is -2.36. The molecule has 35 heavy (non-hydrogen) atoms. The number of amides is 1. The number of fused-ring (bicyclic) bond motifs is 1. The van der Waals surface area contributed by atoms with Crippen molar-refractivity contribution >= 4 is 42.8 Å². The van der Waals surface area contributed by atoms with Gasteiger partial charge in [-0.2, -0.15) is 4.31 Å². The van der Waals surface area contributed by atoms with Gasteiger partial charge < -0.3 is 10.1 Å². The van der Waals surface area contributed by atoms with Gasteiger partial charge in [-0.1, -0.05) is 49.4 Å². The predicted molar refractivity (Wildman–Crippen MR) is 139 cm³/mol. The zero-order valence-electron chi connectivity index (χ0n) is 19.7. The number of hydrogen-bond donors (Lipinski definition) is 1. The van der Waals surface area contributed by atoms with Crippen molar-refractivity contribution in [1.82, 2.24) is 14.6 Å². The van der Waals surface area contributed by atoms with E-state index in [0.717, 1.165) is 30.2 Å². The van der Waals surface area contributed by atoms with E-state index in [9.17, 15) is 13.2 Å². The van der Waals surface area contributed by atoms with E-state index in [-0.39, 0.29) is 12.5 Å². The maximum Gasteiger partial charge on any atom is 0.407 e. The van der Waals surface area contributed by atoms with Crippen LogP contribution in [-0.4, -0.2) is 43.4 Å². The second kappa shape index (κ2) is 11.5. The van der Waals surface area contributed by atoms with Crippen molar-refractivity contribution < 1.29 is 17.9 Å². The lowest BCUT2D eigenvalue weighted by atomic mass is 9.85. The molecule has 1 aromatic heterocycles. The quantitative estimate of drug-likeness (QED) is 0.376. The number of nitrogens with one attached hydrogen (secondary N) is 1. The van der Waals surface area contributed by atoms with Gasteiger partial charge in [0.25, 0.3) is 0 Å². The number of carbonyl (C=O) groups excluding carboxylic acids is 1. The van der Waals surface area contributed by atoms with E-state index < -0.39 is 16.1 Å². The molecule has 7 nitrogen and oxygen atoms in total. The van der Waals surface area contributed by atoms with Crippen molar-refractivity contribution in [2.75, 3.05) is 19.6 Å². The first-order valence-corrected chi connectivity index (χ1v) is 14.1. The highest BCUT2D eigenvalue weighted by Gasteiger charge is 2.34. The highest BCUT2D eigenvalue weighted by Crippen LogP contribution is 2.34. The minimum atomic E-state index is -3.66. The Morgan fingerprint density at radius 3 is 2.77 bits per heavy atom. The van der Waals surface area contributed by atoms with Gasteiger partial charge in [-0.3, -0.25) is 4.98 Å². The van der Waals surface area contributed by atoms with Gasteiger partial charge in [0.2, 0.25) is 10.0 Å². The molecule has 0 saturated carbocycles. The van der Waals surface area contributed by atoms with Gasteiger partial charge in [0.1, 0.15) is 6.61 Å². The summed E-state index contributed by atoms with van der Waals surface area (Å²) in [6.45, 7) is 3.88. The van der Waals surface area contributed by atoms with Gasteiger partial charge in [0, 0.05) is 47.3 Å². The van der Waals surface area contributed by atoms with Crippen LogP contribution in [0.2, 0.25) is 0 Å². The standard InChI is InChI=1S/C26H30BrN3O4S/c1-19-12-14-30(35(32,33)24-11-5-9-21-15-28-16-23(27)25(21)24)17-22(19)10-6-13-29-26(31)34-18-20-7-3-2-4-8-20/h2-5,7-9,11,15-16,19,22H,6,10,12-14,17-18H2,1H3,(H,29,31). The van der Waals surface area contributed by atoms with E-state index in [1.165, 1.54) is 0 Å². The molecule has 2 heterocycles. The molecule has 9 heteroatoms. The average Bonchev–Trinajstić information content (AvgIpc) is 2.86. The van der Waals surface area contributed by atoms with E-state index in [0.29, 0.717) is 40.3 Å². The second-order valence-electron chi connectivity index (χ2n) is 9.00. The van der Waals surface area contributed by atoms with Crippen LogP contribution >= 0.6 is 15.9 Å². The number of benzene rings is 2. The zero-order chi connectivity index (χ0) is 24.8. The zero-order valence-corrected chi connectivity index (χ0v) is 22.1. The van der Waals surface area contributed by atoms with Crippen LogP contribution in [0.3, 0.4) is 0 Å². The first-order valence-electron chi connectivity index (χ1n) is 11.8. The Morgan fingerprint density at radius 2 is 1.97 bits per heavy atom. The molecule has 4 rings (SSSR count). The number of alkyl carbamates (subject to hydrolysis) is 1. The summed E-state index contributed by atoms with van der Waals surface area (Å²) in [6.07, 6.45) is 5.26. The molecule has 0 aliphatic carbocycles. The molecule has 186 valence electrons. The maximum absolute atomic E-state index is 13.6. The molecule has 1 aliphatic heterocycles. The average molecular weight is 561 g/mol. The van der Waals surface area contributed by atoms with E-state index in [4.69, 9.17) is 4.74 Å². The Hall–Kier alpha value is -2.49. The highest BCUT2D eigenvalue weighted by molar-refractivity contribution is 9.10. The van der Waals surface area contributed by atoms with Crippen LogP contribution in [0.15, 0.2) is 70.3 Å². The van der Waals surface area contributed by atoms with Crippen LogP contribution in [-0.2, 0) is 21.4 Å². The van der Waals surface area contributed by atoms with Crippen molar-refractivity contribution in [3.8, 4) is 0 Å². The molecule has 1 N–H and O–H groups in total. The number of sulfonamides is 1. The summed E-state index contributed by atoms with van der Waals surface area (Å²) in [5.41, 5.74) is 0.939. The number of carbonyl (C=O) groups is 1. The highest BCUT2D eigenvalue weighted by atomic mass is 79.9. The summed E-state index contributed by atoms with van der Waals surface area (Å²) < 4.78 is 34.8. The first-order chi connectivity index (χ1) is 16.9. The Bertz CT molecular complexity index is 1260. The van der Waals surface area contributed by atoms with E-state index in [1.54, 1.807) is 28.8 Å². The summed E-state index contributed by atoms with van der Waals surface area (Å²) in [5.74, 6) is 0.635. The van der Waals surface area contributed by atoms with Crippen LogP contribution < -0.4 is 5.32 Å². The molecule has 1 saturated heterocycles. The Kier molecular flexibility index (Phi) is 8.41. The number of piperidine rings is 1. The molecule has 2 atom stereocenters. The third-order valence-electron chi connectivity index (χ3n) is 6.63. The van der Waals surface area contributed by atoms with Gasteiger partial charge in [-0.25, -0.2) is 13.2 Å². The normalized spacial score (nSPS) is 18.9. The maximum atomic E-state index is 13.6. The summed E-state index contributed by atoms with van der Waals surface area (Å²) in [7, 11) is -3.66. The molecule has 3 aromatic rings. The molecule has 1 aliphatic rings. The molecule has 2 unspecified atom stereocenters. The van der Waals surface area contributed by atoms with Gasteiger partial charge in [0.05, 0.1) is 4.90 Å². The fourth-order valence-corrected chi connectivity index (χ4v) is 6.99. The monoisotopic (exact) mass is 559 g/mol. The van der Waals surface area contributed by atoms with Crippen molar-refractivity contribution in [2.24, 2.45) is 11.8 Å². The molecular formula is C26H30BrN3O4S.